The van der Waals surface area contributed by atoms with Crippen molar-refractivity contribution in [1.82, 2.24) is 20.7 Å². The molecule has 0 aromatic carbocycles. The molecular weight excluding hydrogens is 297 g/mol. The third kappa shape index (κ3) is 3.25. The average molecular weight is 314 g/mol. The quantitative estimate of drug-likeness (QED) is 0.793. The molecular formula is C13H17ClFN5O. The van der Waals surface area contributed by atoms with Gasteiger partial charge >= 0.3 is 0 Å². The van der Waals surface area contributed by atoms with Gasteiger partial charge in [-0.1, -0.05) is 11.6 Å². The summed E-state index contributed by atoms with van der Waals surface area (Å²) >= 11 is 6.19. The van der Waals surface area contributed by atoms with Crippen LogP contribution in [-0.2, 0) is 0 Å². The Morgan fingerprint density at radius 1 is 1.38 bits per heavy atom. The van der Waals surface area contributed by atoms with Gasteiger partial charge in [-0.25, -0.2) is 14.4 Å². The third-order valence-electron chi connectivity index (χ3n) is 3.62. The van der Waals surface area contributed by atoms with Gasteiger partial charge in [0.2, 0.25) is 0 Å². The van der Waals surface area contributed by atoms with Gasteiger partial charge in [0, 0.05) is 26.2 Å². The van der Waals surface area contributed by atoms with Crippen LogP contribution in [0, 0.1) is 0 Å². The Balaban J connectivity index is 1.66. The second-order valence-electron chi connectivity index (χ2n) is 5.19. The highest BCUT2D eigenvalue weighted by Crippen LogP contribution is 2.24. The van der Waals surface area contributed by atoms with Crippen molar-refractivity contribution >= 4 is 23.2 Å². The van der Waals surface area contributed by atoms with E-state index in [1.165, 1.54) is 5.01 Å². The van der Waals surface area contributed by atoms with Gasteiger partial charge in [-0.05, 0) is 12.1 Å². The number of pyridine rings is 1. The lowest BCUT2D eigenvalue weighted by Gasteiger charge is -2.34. The Morgan fingerprint density at radius 3 is 2.71 bits per heavy atom. The number of rotatable bonds is 3. The molecule has 2 aliphatic rings. The number of halogens is 2. The topological polar surface area (TPSA) is 60.5 Å². The molecule has 1 amide bonds. The predicted molar refractivity (Wildman–Crippen MR) is 78.3 cm³/mol. The molecule has 21 heavy (non-hydrogen) atoms. The van der Waals surface area contributed by atoms with Crippen molar-refractivity contribution in [3.05, 3.63) is 23.0 Å². The van der Waals surface area contributed by atoms with Crippen molar-refractivity contribution in [3.8, 4) is 0 Å². The minimum atomic E-state index is -0.864. The van der Waals surface area contributed by atoms with Gasteiger partial charge in [0.15, 0.2) is 5.15 Å². The van der Waals surface area contributed by atoms with Crippen molar-refractivity contribution in [2.75, 3.05) is 44.2 Å². The maximum atomic E-state index is 12.7. The van der Waals surface area contributed by atoms with Crippen LogP contribution in [0.15, 0.2) is 12.1 Å². The minimum Gasteiger partial charge on any atom is -0.366 e. The van der Waals surface area contributed by atoms with Crippen molar-refractivity contribution in [3.63, 3.8) is 0 Å². The van der Waals surface area contributed by atoms with Gasteiger partial charge in [-0.15, -0.1) is 0 Å². The lowest BCUT2D eigenvalue weighted by molar-refractivity contribution is 0.0190. The van der Waals surface area contributed by atoms with Crippen LogP contribution in [0.4, 0.5) is 10.1 Å². The summed E-state index contributed by atoms with van der Waals surface area (Å²) in [6, 6.07) is 3.45. The molecule has 1 aromatic rings. The van der Waals surface area contributed by atoms with Crippen molar-refractivity contribution in [1.29, 1.82) is 0 Å². The van der Waals surface area contributed by atoms with Crippen molar-refractivity contribution in [2.24, 2.45) is 0 Å². The largest absolute Gasteiger partial charge is 0.366 e. The van der Waals surface area contributed by atoms with E-state index < -0.39 is 6.17 Å². The van der Waals surface area contributed by atoms with Crippen LogP contribution < -0.4 is 15.6 Å². The number of carbonyl (C=O) groups is 1. The van der Waals surface area contributed by atoms with Gasteiger partial charge in [0.25, 0.3) is 5.91 Å². The number of piperazine rings is 1. The number of anilines is 1. The maximum Gasteiger partial charge on any atom is 0.284 e. The van der Waals surface area contributed by atoms with Crippen molar-refractivity contribution in [2.45, 2.75) is 6.17 Å². The number of hydrogen-bond acceptors (Lipinski definition) is 5. The summed E-state index contributed by atoms with van der Waals surface area (Å²) in [5, 5.41) is 5.10. The Morgan fingerprint density at radius 2 is 2.10 bits per heavy atom. The van der Waals surface area contributed by atoms with E-state index in [0.29, 0.717) is 5.15 Å². The molecule has 2 aliphatic heterocycles. The lowest BCUT2D eigenvalue weighted by Crippen LogP contribution is -2.57. The number of aromatic nitrogens is 1. The molecule has 3 rings (SSSR count). The fraction of sp³-hybridized carbons (Fsp3) is 0.538. The summed E-state index contributed by atoms with van der Waals surface area (Å²) in [5.74, 6) is -0.365. The zero-order valence-corrected chi connectivity index (χ0v) is 12.2. The fourth-order valence-corrected chi connectivity index (χ4v) is 2.69. The Labute approximate surface area is 127 Å². The summed E-state index contributed by atoms with van der Waals surface area (Å²) in [4.78, 5) is 18.3. The minimum absolute atomic E-state index is 0.221. The molecule has 2 fully saturated rings. The van der Waals surface area contributed by atoms with Crippen LogP contribution in [-0.4, -0.2) is 61.3 Å². The molecule has 0 atom stereocenters. The number of hydrogen-bond donors (Lipinski definition) is 2. The molecule has 0 spiro atoms. The number of amides is 1. The fourth-order valence-electron chi connectivity index (χ4n) is 2.41. The first-order chi connectivity index (χ1) is 10.1. The van der Waals surface area contributed by atoms with Gasteiger partial charge in [-0.3, -0.25) is 10.2 Å². The SMILES string of the molecule is O=C(NN1CC(F)C1)c1ccc(N2CCNCC2)c(Cl)n1. The highest BCUT2D eigenvalue weighted by molar-refractivity contribution is 6.32. The predicted octanol–water partition coefficient (Wildman–Crippen LogP) is 0.443. The highest BCUT2D eigenvalue weighted by atomic mass is 35.5. The zero-order chi connectivity index (χ0) is 14.8. The van der Waals surface area contributed by atoms with Crippen LogP contribution in [0.2, 0.25) is 5.15 Å². The molecule has 2 saturated heterocycles. The molecule has 114 valence electrons. The smallest absolute Gasteiger partial charge is 0.284 e. The number of nitrogens with one attached hydrogen (secondary N) is 2. The first kappa shape index (κ1) is 14.5. The molecule has 3 heterocycles. The first-order valence-corrected chi connectivity index (χ1v) is 7.33. The monoisotopic (exact) mass is 313 g/mol. The van der Waals surface area contributed by atoms with Crippen LogP contribution in [0.3, 0.4) is 0 Å². The van der Waals surface area contributed by atoms with Crippen LogP contribution in [0.25, 0.3) is 0 Å². The molecule has 0 unspecified atom stereocenters. The van der Waals surface area contributed by atoms with E-state index >= 15 is 0 Å². The normalized spacial score (nSPS) is 20.2. The van der Waals surface area contributed by atoms with Gasteiger partial charge in [0.05, 0.1) is 18.8 Å². The van der Waals surface area contributed by atoms with E-state index in [1.54, 1.807) is 6.07 Å². The summed E-state index contributed by atoms with van der Waals surface area (Å²) in [5.41, 5.74) is 3.67. The number of carbonyl (C=O) groups excluding carboxylic acids is 1. The molecule has 0 aliphatic carbocycles. The number of nitrogens with zero attached hydrogens (tertiary/aromatic N) is 3. The first-order valence-electron chi connectivity index (χ1n) is 6.95. The second kappa shape index (κ2) is 6.13. The average Bonchev–Trinajstić information content (AvgIpc) is 2.46. The third-order valence-corrected chi connectivity index (χ3v) is 3.89. The summed E-state index contributed by atoms with van der Waals surface area (Å²) in [6.07, 6.45) is -0.864. The zero-order valence-electron chi connectivity index (χ0n) is 11.5. The second-order valence-corrected chi connectivity index (χ2v) is 5.54. The summed E-state index contributed by atoms with van der Waals surface area (Å²) < 4.78 is 12.7. The van der Waals surface area contributed by atoms with E-state index in [1.807, 2.05) is 6.07 Å². The molecule has 0 radical (unpaired) electrons. The standard InChI is InChI=1S/C13H17ClFN5O/c14-12-11(19-5-3-16-4-6-19)2-1-10(17-12)13(21)18-20-7-9(15)8-20/h1-2,9,16H,3-8H2,(H,18,21). The van der Waals surface area contributed by atoms with Crippen LogP contribution in [0.1, 0.15) is 10.5 Å². The van der Waals surface area contributed by atoms with E-state index in [2.05, 4.69) is 20.6 Å². The summed E-state index contributed by atoms with van der Waals surface area (Å²) in [6.45, 7) is 3.96. The molecule has 1 aromatic heterocycles. The van der Waals surface area contributed by atoms with E-state index in [0.717, 1.165) is 31.9 Å². The molecule has 2 N–H and O–H groups in total. The van der Waals surface area contributed by atoms with Gasteiger partial charge in [0.1, 0.15) is 11.9 Å². The van der Waals surface area contributed by atoms with E-state index in [-0.39, 0.29) is 24.7 Å². The highest BCUT2D eigenvalue weighted by Gasteiger charge is 2.28. The molecule has 0 saturated carbocycles. The lowest BCUT2D eigenvalue weighted by atomic mass is 10.2. The van der Waals surface area contributed by atoms with Crippen LogP contribution in [0.5, 0.6) is 0 Å². The molecule has 6 nitrogen and oxygen atoms in total. The summed E-state index contributed by atoms with van der Waals surface area (Å²) in [7, 11) is 0. The van der Waals surface area contributed by atoms with E-state index in [9.17, 15) is 9.18 Å². The van der Waals surface area contributed by atoms with E-state index in [4.69, 9.17) is 11.6 Å². The van der Waals surface area contributed by atoms with Gasteiger partial charge in [-0.2, -0.15) is 0 Å². The Bertz CT molecular complexity index is 531. The molecule has 0 bridgehead atoms. The van der Waals surface area contributed by atoms with Crippen LogP contribution >= 0.6 is 11.6 Å². The van der Waals surface area contributed by atoms with Crippen molar-refractivity contribution < 1.29 is 9.18 Å². The maximum absolute atomic E-state index is 12.7. The Hall–Kier alpha value is -1.44. The molecule has 8 heteroatoms. The number of alkyl halides is 1. The Kier molecular flexibility index (Phi) is 4.23. The number of hydrazine groups is 1. The van der Waals surface area contributed by atoms with Gasteiger partial charge < -0.3 is 10.2 Å².